The molecule has 0 spiro atoms. The molecular weight excluding hydrogens is 180 g/mol. The Morgan fingerprint density at radius 1 is 1.07 bits per heavy atom. The predicted octanol–water partition coefficient (Wildman–Crippen LogP) is 4.39. The minimum atomic E-state index is 1.17. The van der Waals surface area contributed by atoms with Crippen molar-refractivity contribution in [1.29, 1.82) is 0 Å². The lowest BCUT2D eigenvalue weighted by Gasteiger charge is -1.88. The van der Waals surface area contributed by atoms with Crippen molar-refractivity contribution in [2.75, 3.05) is 0 Å². The van der Waals surface area contributed by atoms with Crippen LogP contribution in [0.25, 0.3) is 6.08 Å². The third kappa shape index (κ3) is 4.82. The van der Waals surface area contributed by atoms with E-state index in [-0.39, 0.29) is 0 Å². The smallest absolute Gasteiger partial charge is 0.0257 e. The SMILES string of the molecule is C=CC(C)=CC=CC=Cc1ccccc1. The second-order valence-corrected chi connectivity index (χ2v) is 3.27. The van der Waals surface area contributed by atoms with E-state index >= 15 is 0 Å². The maximum Gasteiger partial charge on any atom is -0.0257 e. The minimum absolute atomic E-state index is 1.17. The fourth-order valence-electron chi connectivity index (χ4n) is 1.07. The van der Waals surface area contributed by atoms with Gasteiger partial charge in [-0.15, -0.1) is 0 Å². The molecule has 0 heteroatoms. The molecule has 1 rings (SSSR count). The molecule has 0 aromatic heterocycles. The van der Waals surface area contributed by atoms with E-state index in [1.807, 2.05) is 55.5 Å². The Morgan fingerprint density at radius 2 is 1.80 bits per heavy atom. The molecule has 1 aromatic rings. The second kappa shape index (κ2) is 6.61. The summed E-state index contributed by atoms with van der Waals surface area (Å²) in [7, 11) is 0. The van der Waals surface area contributed by atoms with Gasteiger partial charge >= 0.3 is 0 Å². The van der Waals surface area contributed by atoms with E-state index in [4.69, 9.17) is 0 Å². The van der Waals surface area contributed by atoms with E-state index in [2.05, 4.69) is 24.8 Å². The summed E-state index contributed by atoms with van der Waals surface area (Å²) in [4.78, 5) is 0. The zero-order valence-corrected chi connectivity index (χ0v) is 9.06. The zero-order chi connectivity index (χ0) is 10.9. The van der Waals surface area contributed by atoms with Gasteiger partial charge in [0.25, 0.3) is 0 Å². The second-order valence-electron chi connectivity index (χ2n) is 3.27. The molecule has 0 amide bonds. The summed E-state index contributed by atoms with van der Waals surface area (Å²) in [6.45, 7) is 5.71. The first kappa shape index (κ1) is 11.3. The van der Waals surface area contributed by atoms with Crippen LogP contribution in [0.1, 0.15) is 12.5 Å². The van der Waals surface area contributed by atoms with Crippen molar-refractivity contribution in [3.05, 3.63) is 78.4 Å². The lowest BCUT2D eigenvalue weighted by molar-refractivity contribution is 1.53. The normalized spacial score (nSPS) is 12.5. The van der Waals surface area contributed by atoms with Crippen molar-refractivity contribution in [3.8, 4) is 0 Å². The molecule has 0 heterocycles. The fraction of sp³-hybridized carbons (Fsp3) is 0.0667. The van der Waals surface area contributed by atoms with Gasteiger partial charge in [-0.05, 0) is 12.5 Å². The van der Waals surface area contributed by atoms with E-state index in [9.17, 15) is 0 Å². The third-order valence-electron chi connectivity index (χ3n) is 1.99. The molecule has 0 aliphatic carbocycles. The molecule has 0 unspecified atom stereocenters. The highest BCUT2D eigenvalue weighted by Gasteiger charge is 1.79. The summed E-state index contributed by atoms with van der Waals surface area (Å²) in [5, 5.41) is 0. The van der Waals surface area contributed by atoms with E-state index in [1.165, 1.54) is 11.1 Å². The molecule has 0 atom stereocenters. The van der Waals surface area contributed by atoms with Crippen molar-refractivity contribution >= 4 is 6.08 Å². The molecule has 0 aliphatic rings. The Bertz CT molecular complexity index is 378. The van der Waals surface area contributed by atoms with Crippen LogP contribution in [0.5, 0.6) is 0 Å². The highest BCUT2D eigenvalue weighted by Crippen LogP contribution is 2.01. The van der Waals surface area contributed by atoms with E-state index in [1.54, 1.807) is 0 Å². The van der Waals surface area contributed by atoms with Crippen LogP contribution in [-0.2, 0) is 0 Å². The molecule has 0 saturated heterocycles. The Kier molecular flexibility index (Phi) is 4.96. The monoisotopic (exact) mass is 196 g/mol. The fourth-order valence-corrected chi connectivity index (χ4v) is 1.07. The van der Waals surface area contributed by atoms with Crippen LogP contribution in [0.4, 0.5) is 0 Å². The van der Waals surface area contributed by atoms with Crippen LogP contribution >= 0.6 is 0 Å². The maximum atomic E-state index is 3.69. The van der Waals surface area contributed by atoms with Crippen LogP contribution in [-0.4, -0.2) is 0 Å². The van der Waals surface area contributed by atoms with Gasteiger partial charge in [-0.1, -0.05) is 78.9 Å². The number of benzene rings is 1. The first-order valence-electron chi connectivity index (χ1n) is 5.02. The molecule has 0 fully saturated rings. The summed E-state index contributed by atoms with van der Waals surface area (Å²) < 4.78 is 0. The molecule has 1 aromatic carbocycles. The Labute approximate surface area is 92.0 Å². The van der Waals surface area contributed by atoms with Gasteiger partial charge < -0.3 is 0 Å². The van der Waals surface area contributed by atoms with E-state index in [0.29, 0.717) is 0 Å². The number of hydrogen-bond donors (Lipinski definition) is 0. The van der Waals surface area contributed by atoms with Gasteiger partial charge in [-0.2, -0.15) is 0 Å². The van der Waals surface area contributed by atoms with Crippen molar-refractivity contribution < 1.29 is 0 Å². The van der Waals surface area contributed by atoms with Gasteiger partial charge in [0, 0.05) is 0 Å². The summed E-state index contributed by atoms with van der Waals surface area (Å²) in [5.74, 6) is 0. The molecule has 0 bridgehead atoms. The maximum absolute atomic E-state index is 3.69. The Balaban J connectivity index is 2.50. The van der Waals surface area contributed by atoms with Gasteiger partial charge in [-0.3, -0.25) is 0 Å². The zero-order valence-electron chi connectivity index (χ0n) is 9.06. The Hall–Kier alpha value is -1.82. The van der Waals surface area contributed by atoms with Crippen LogP contribution < -0.4 is 0 Å². The van der Waals surface area contributed by atoms with Crippen LogP contribution in [0.15, 0.2) is 72.9 Å². The summed E-state index contributed by atoms with van der Waals surface area (Å²) in [5.41, 5.74) is 2.38. The number of hydrogen-bond acceptors (Lipinski definition) is 0. The van der Waals surface area contributed by atoms with E-state index in [0.717, 1.165) is 0 Å². The van der Waals surface area contributed by atoms with Crippen LogP contribution in [0.2, 0.25) is 0 Å². The lowest BCUT2D eigenvalue weighted by Crippen LogP contribution is -1.66. The minimum Gasteiger partial charge on any atom is -0.0988 e. The molecule has 0 N–H and O–H groups in total. The van der Waals surface area contributed by atoms with Crippen LogP contribution in [0.3, 0.4) is 0 Å². The molecule has 76 valence electrons. The number of allylic oxidation sites excluding steroid dienone is 6. The summed E-state index contributed by atoms with van der Waals surface area (Å²) in [6.07, 6.45) is 12.0. The standard InChI is InChI=1S/C15H16/c1-3-14(2)10-6-4-7-11-15-12-8-5-9-13-15/h3-13H,1H2,2H3. The summed E-state index contributed by atoms with van der Waals surface area (Å²) >= 11 is 0. The molecule has 0 aliphatic heterocycles. The average molecular weight is 196 g/mol. The molecule has 0 radical (unpaired) electrons. The third-order valence-corrected chi connectivity index (χ3v) is 1.99. The predicted molar refractivity (Wildman–Crippen MR) is 68.6 cm³/mol. The molecule has 0 saturated carbocycles. The summed E-state index contributed by atoms with van der Waals surface area (Å²) in [6, 6.07) is 10.2. The quantitative estimate of drug-likeness (QED) is 0.626. The molecule has 0 nitrogen and oxygen atoms in total. The Morgan fingerprint density at radius 3 is 2.47 bits per heavy atom. The average Bonchev–Trinajstić information content (AvgIpc) is 2.29. The largest absolute Gasteiger partial charge is 0.0988 e. The highest BCUT2D eigenvalue weighted by atomic mass is 13.9. The van der Waals surface area contributed by atoms with Crippen molar-refractivity contribution in [2.45, 2.75) is 6.92 Å². The van der Waals surface area contributed by atoms with Crippen LogP contribution in [0, 0.1) is 0 Å². The number of rotatable bonds is 4. The van der Waals surface area contributed by atoms with Gasteiger partial charge in [0.1, 0.15) is 0 Å². The van der Waals surface area contributed by atoms with Crippen molar-refractivity contribution in [3.63, 3.8) is 0 Å². The van der Waals surface area contributed by atoms with Gasteiger partial charge in [0.2, 0.25) is 0 Å². The molecular formula is C15H16. The van der Waals surface area contributed by atoms with Crippen molar-refractivity contribution in [1.82, 2.24) is 0 Å². The van der Waals surface area contributed by atoms with Gasteiger partial charge in [0.15, 0.2) is 0 Å². The topological polar surface area (TPSA) is 0 Å². The first-order valence-corrected chi connectivity index (χ1v) is 5.02. The highest BCUT2D eigenvalue weighted by molar-refractivity contribution is 5.50. The van der Waals surface area contributed by atoms with E-state index < -0.39 is 0 Å². The first-order chi connectivity index (χ1) is 7.33. The van der Waals surface area contributed by atoms with Crippen molar-refractivity contribution in [2.24, 2.45) is 0 Å². The van der Waals surface area contributed by atoms with Gasteiger partial charge in [-0.25, -0.2) is 0 Å². The lowest BCUT2D eigenvalue weighted by atomic mass is 10.2. The molecule has 15 heavy (non-hydrogen) atoms. The van der Waals surface area contributed by atoms with Gasteiger partial charge in [0.05, 0.1) is 0 Å².